The number of sulfonamides is 1. The molecule has 216 valence electrons. The highest BCUT2D eigenvalue weighted by molar-refractivity contribution is 7.89. The number of anilines is 2. The monoisotopic (exact) mass is 579 g/mol. The van der Waals surface area contributed by atoms with Crippen LogP contribution in [0.2, 0.25) is 0 Å². The van der Waals surface area contributed by atoms with E-state index in [2.05, 4.69) is 5.32 Å². The van der Waals surface area contributed by atoms with Crippen LogP contribution >= 0.6 is 0 Å². The first kappa shape index (κ1) is 28.6. The highest BCUT2D eigenvalue weighted by atomic mass is 32.2. The molecule has 3 aromatic rings. The van der Waals surface area contributed by atoms with Gasteiger partial charge in [-0.2, -0.15) is 4.31 Å². The lowest BCUT2D eigenvalue weighted by Crippen LogP contribution is -2.40. The first-order valence-electron chi connectivity index (χ1n) is 13.6. The van der Waals surface area contributed by atoms with Gasteiger partial charge in [-0.1, -0.05) is 17.7 Å². The summed E-state index contributed by atoms with van der Waals surface area (Å²) in [4.78, 5) is 27.4. The quantitative estimate of drug-likeness (QED) is 0.363. The van der Waals surface area contributed by atoms with E-state index in [1.165, 1.54) is 34.1 Å². The number of nitrogens with zero attached hydrogens (tertiary/aromatic N) is 2. The molecule has 0 unspecified atom stereocenters. The van der Waals surface area contributed by atoms with Crippen LogP contribution < -0.4 is 19.7 Å². The van der Waals surface area contributed by atoms with Crippen LogP contribution in [0, 0.1) is 6.92 Å². The summed E-state index contributed by atoms with van der Waals surface area (Å²) in [5, 5.41) is 2.83. The molecular weight excluding hydrogens is 546 g/mol. The summed E-state index contributed by atoms with van der Waals surface area (Å²) in [6.07, 6.45) is 1.49. The van der Waals surface area contributed by atoms with Gasteiger partial charge in [0.15, 0.2) is 6.61 Å². The number of unbranched alkanes of at least 4 members (excludes halogenated alkanes) is 1. The average Bonchev–Trinajstić information content (AvgIpc) is 2.99. The van der Waals surface area contributed by atoms with E-state index < -0.39 is 15.9 Å². The van der Waals surface area contributed by atoms with Crippen LogP contribution in [0.1, 0.15) is 28.8 Å². The van der Waals surface area contributed by atoms with Gasteiger partial charge in [-0.3, -0.25) is 9.59 Å². The largest absolute Gasteiger partial charge is 0.494 e. The van der Waals surface area contributed by atoms with Crippen molar-refractivity contribution >= 4 is 33.2 Å². The molecule has 0 spiro atoms. The minimum absolute atomic E-state index is 0.0434. The molecule has 2 heterocycles. The van der Waals surface area contributed by atoms with Crippen LogP contribution in [0.3, 0.4) is 0 Å². The zero-order valence-electron chi connectivity index (χ0n) is 22.9. The normalized spacial score (nSPS) is 15.6. The van der Waals surface area contributed by atoms with Crippen molar-refractivity contribution in [2.24, 2.45) is 0 Å². The molecule has 1 N–H and O–H groups in total. The second-order valence-corrected chi connectivity index (χ2v) is 11.8. The zero-order chi connectivity index (χ0) is 28.8. The Bertz CT molecular complexity index is 1490. The Morgan fingerprint density at radius 3 is 2.44 bits per heavy atom. The Balaban J connectivity index is 1.19. The van der Waals surface area contributed by atoms with E-state index in [1.54, 1.807) is 23.1 Å². The first-order chi connectivity index (χ1) is 19.8. The van der Waals surface area contributed by atoms with Crippen molar-refractivity contribution in [3.8, 4) is 11.5 Å². The summed E-state index contributed by atoms with van der Waals surface area (Å²) in [6, 6.07) is 18.9. The predicted molar refractivity (Wildman–Crippen MR) is 154 cm³/mol. The number of fused-ring (bicyclic) bond motifs is 1. The van der Waals surface area contributed by atoms with Crippen molar-refractivity contribution in [2.45, 2.75) is 24.7 Å². The van der Waals surface area contributed by atoms with Crippen LogP contribution in [0.25, 0.3) is 0 Å². The molecule has 2 aliphatic rings. The standard InChI is InChI=1S/C30H33N3O7S/c1-22-4-9-25(10-5-22)39-17-3-2-14-33-27-20-24(8-13-28(27)40-21-29(33)34)31-30(35)23-6-11-26(12-7-23)41(36,37)32-15-18-38-19-16-32/h4-13,20H,2-3,14-19,21H2,1H3,(H,31,35). The number of rotatable bonds is 10. The Hall–Kier alpha value is -3.93. The van der Waals surface area contributed by atoms with Crippen molar-refractivity contribution in [2.75, 3.05) is 56.3 Å². The van der Waals surface area contributed by atoms with Gasteiger partial charge >= 0.3 is 0 Å². The molecule has 0 atom stereocenters. The maximum atomic E-state index is 13.0. The van der Waals surface area contributed by atoms with Crippen molar-refractivity contribution in [3.63, 3.8) is 0 Å². The maximum absolute atomic E-state index is 13.0. The molecule has 0 aromatic heterocycles. The van der Waals surface area contributed by atoms with Gasteiger partial charge in [-0.15, -0.1) is 0 Å². The third-order valence-electron chi connectivity index (χ3n) is 6.95. The van der Waals surface area contributed by atoms with Crippen molar-refractivity contribution in [1.82, 2.24) is 4.31 Å². The number of hydrogen-bond acceptors (Lipinski definition) is 7. The molecule has 3 aromatic carbocycles. The summed E-state index contributed by atoms with van der Waals surface area (Å²) in [7, 11) is -3.65. The fraction of sp³-hybridized carbons (Fsp3) is 0.333. The van der Waals surface area contributed by atoms with E-state index in [-0.39, 0.29) is 17.4 Å². The Morgan fingerprint density at radius 1 is 0.976 bits per heavy atom. The van der Waals surface area contributed by atoms with Gasteiger partial charge in [0.2, 0.25) is 10.0 Å². The average molecular weight is 580 g/mol. The lowest BCUT2D eigenvalue weighted by atomic mass is 10.1. The Kier molecular flexibility index (Phi) is 8.87. The van der Waals surface area contributed by atoms with Crippen molar-refractivity contribution < 1.29 is 32.2 Å². The molecule has 5 rings (SSSR count). The summed E-state index contributed by atoms with van der Waals surface area (Å²) in [5.41, 5.74) is 2.56. The van der Waals surface area contributed by atoms with Crippen LogP contribution in [0.5, 0.6) is 11.5 Å². The molecule has 2 amide bonds. The Labute approximate surface area is 239 Å². The minimum atomic E-state index is -3.65. The number of benzene rings is 3. The molecular formula is C30H33N3O7S. The van der Waals surface area contributed by atoms with Gasteiger partial charge in [0.25, 0.3) is 11.8 Å². The lowest BCUT2D eigenvalue weighted by Gasteiger charge is -2.30. The fourth-order valence-electron chi connectivity index (χ4n) is 4.64. The minimum Gasteiger partial charge on any atom is -0.494 e. The molecule has 0 aliphatic carbocycles. The molecule has 10 nitrogen and oxygen atoms in total. The summed E-state index contributed by atoms with van der Waals surface area (Å²) in [5.74, 6) is 0.828. The lowest BCUT2D eigenvalue weighted by molar-refractivity contribution is -0.121. The molecule has 11 heteroatoms. The van der Waals surface area contributed by atoms with Gasteiger partial charge in [0.05, 0.1) is 30.4 Å². The fourth-order valence-corrected chi connectivity index (χ4v) is 6.05. The highest BCUT2D eigenvalue weighted by Gasteiger charge is 2.27. The molecule has 1 fully saturated rings. The number of carbonyl (C=O) groups excluding carboxylic acids is 2. The molecule has 2 aliphatic heterocycles. The first-order valence-corrected chi connectivity index (χ1v) is 15.0. The van der Waals surface area contributed by atoms with Crippen LogP contribution in [0.15, 0.2) is 71.6 Å². The predicted octanol–water partition coefficient (Wildman–Crippen LogP) is 3.85. The number of nitrogens with one attached hydrogen (secondary N) is 1. The smallest absolute Gasteiger partial charge is 0.265 e. The van der Waals surface area contributed by atoms with E-state index in [4.69, 9.17) is 14.2 Å². The Morgan fingerprint density at radius 2 is 1.71 bits per heavy atom. The molecule has 1 saturated heterocycles. The van der Waals surface area contributed by atoms with Gasteiger partial charge in [0, 0.05) is 30.9 Å². The van der Waals surface area contributed by atoms with Crippen LogP contribution in [-0.2, 0) is 19.6 Å². The third-order valence-corrected chi connectivity index (χ3v) is 8.86. The number of ether oxygens (including phenoxy) is 3. The van der Waals surface area contributed by atoms with Gasteiger partial charge in [-0.25, -0.2) is 8.42 Å². The van der Waals surface area contributed by atoms with E-state index in [9.17, 15) is 18.0 Å². The summed E-state index contributed by atoms with van der Waals surface area (Å²) >= 11 is 0. The highest BCUT2D eigenvalue weighted by Crippen LogP contribution is 2.35. The molecule has 0 saturated carbocycles. The number of morpholine rings is 1. The van der Waals surface area contributed by atoms with Gasteiger partial charge in [-0.05, 0) is 74.4 Å². The number of amides is 2. The van der Waals surface area contributed by atoms with Crippen LogP contribution in [-0.4, -0.2) is 70.6 Å². The van der Waals surface area contributed by atoms with Gasteiger partial charge in [0.1, 0.15) is 11.5 Å². The number of hydrogen-bond donors (Lipinski definition) is 1. The van der Waals surface area contributed by atoms with Crippen LogP contribution in [0.4, 0.5) is 11.4 Å². The van der Waals surface area contributed by atoms with E-state index in [0.717, 1.165) is 18.6 Å². The zero-order valence-corrected chi connectivity index (χ0v) is 23.7. The number of carbonyl (C=O) groups is 2. The van der Waals surface area contributed by atoms with Gasteiger partial charge < -0.3 is 24.4 Å². The SMILES string of the molecule is Cc1ccc(OCCCCN2C(=O)COc3ccc(NC(=O)c4ccc(S(=O)(=O)N5CCOCC5)cc4)cc32)cc1. The topological polar surface area (TPSA) is 114 Å². The molecule has 0 radical (unpaired) electrons. The van der Waals surface area contributed by atoms with E-state index in [1.807, 2.05) is 31.2 Å². The third kappa shape index (κ3) is 6.87. The van der Waals surface area contributed by atoms with E-state index >= 15 is 0 Å². The van der Waals surface area contributed by atoms with Crippen molar-refractivity contribution in [3.05, 3.63) is 77.9 Å². The van der Waals surface area contributed by atoms with Crippen molar-refractivity contribution in [1.29, 1.82) is 0 Å². The summed E-state index contributed by atoms with van der Waals surface area (Å²) < 4.78 is 43.7. The molecule has 41 heavy (non-hydrogen) atoms. The van der Waals surface area contributed by atoms with E-state index in [0.29, 0.717) is 62.1 Å². The summed E-state index contributed by atoms with van der Waals surface area (Å²) in [6.45, 7) is 4.32. The second kappa shape index (κ2) is 12.7. The molecule has 0 bridgehead atoms. The second-order valence-electron chi connectivity index (χ2n) is 9.88. The number of aryl methyl sites for hydroxylation is 1. The maximum Gasteiger partial charge on any atom is 0.265 e.